The van der Waals surface area contributed by atoms with Crippen LogP contribution >= 0.6 is 0 Å². The zero-order chi connectivity index (χ0) is 8.43. The monoisotopic (exact) mass is 151 g/mol. The first-order valence-electron chi connectivity index (χ1n) is 3.11. The van der Waals surface area contributed by atoms with Crippen LogP contribution in [0.25, 0.3) is 0 Å². The summed E-state index contributed by atoms with van der Waals surface area (Å²) < 4.78 is 1.43. The second-order valence-electron chi connectivity index (χ2n) is 2.14. The van der Waals surface area contributed by atoms with Gasteiger partial charge in [0.1, 0.15) is 5.69 Å². The van der Waals surface area contributed by atoms with Crippen molar-refractivity contribution >= 4 is 11.5 Å². The van der Waals surface area contributed by atoms with Gasteiger partial charge in [-0.1, -0.05) is 6.58 Å². The van der Waals surface area contributed by atoms with Gasteiger partial charge < -0.3 is 5.73 Å². The molecule has 0 bridgehead atoms. The number of hydrogen-bond donors (Lipinski definition) is 1. The van der Waals surface area contributed by atoms with Gasteiger partial charge >= 0.3 is 0 Å². The summed E-state index contributed by atoms with van der Waals surface area (Å²) in [6, 6.07) is 0. The molecule has 0 aromatic carbocycles. The van der Waals surface area contributed by atoms with Crippen LogP contribution in [0.4, 0.5) is 5.69 Å². The highest BCUT2D eigenvalue weighted by Crippen LogP contribution is 2.09. The van der Waals surface area contributed by atoms with Crippen LogP contribution in [0.1, 0.15) is 10.5 Å². The average molecular weight is 151 g/mol. The highest BCUT2D eigenvalue weighted by atomic mass is 16.1. The summed E-state index contributed by atoms with van der Waals surface area (Å²) in [5.74, 6) is -0.206. The Morgan fingerprint density at radius 1 is 1.91 bits per heavy atom. The van der Waals surface area contributed by atoms with Crippen molar-refractivity contribution in [2.45, 2.75) is 0 Å². The fourth-order valence-corrected chi connectivity index (χ4v) is 0.853. The van der Waals surface area contributed by atoms with E-state index in [2.05, 4.69) is 11.7 Å². The topological polar surface area (TPSA) is 60.9 Å². The van der Waals surface area contributed by atoms with Crippen LogP contribution in [0.3, 0.4) is 0 Å². The van der Waals surface area contributed by atoms with Gasteiger partial charge in [0.15, 0.2) is 0 Å². The molecule has 58 valence electrons. The third-order valence-electron chi connectivity index (χ3n) is 1.39. The first-order valence-corrected chi connectivity index (χ1v) is 3.11. The lowest BCUT2D eigenvalue weighted by atomic mass is 10.2. The van der Waals surface area contributed by atoms with Crippen LogP contribution in [0.15, 0.2) is 18.9 Å². The van der Waals surface area contributed by atoms with Crippen molar-refractivity contribution in [1.82, 2.24) is 9.78 Å². The summed E-state index contributed by atoms with van der Waals surface area (Å²) in [6.45, 7) is 3.35. The Kier molecular flexibility index (Phi) is 1.76. The predicted molar refractivity (Wildman–Crippen MR) is 42.1 cm³/mol. The van der Waals surface area contributed by atoms with Gasteiger partial charge in [0, 0.05) is 7.05 Å². The molecule has 1 aromatic rings. The van der Waals surface area contributed by atoms with E-state index >= 15 is 0 Å². The molecule has 0 radical (unpaired) electrons. The molecule has 0 atom stereocenters. The van der Waals surface area contributed by atoms with Crippen molar-refractivity contribution in [2.75, 3.05) is 5.73 Å². The third-order valence-corrected chi connectivity index (χ3v) is 1.39. The number of carbonyl (C=O) groups excluding carboxylic acids is 1. The average Bonchev–Trinajstić information content (AvgIpc) is 2.30. The van der Waals surface area contributed by atoms with Crippen LogP contribution in [0.5, 0.6) is 0 Å². The minimum absolute atomic E-state index is 0.206. The van der Waals surface area contributed by atoms with Crippen molar-refractivity contribution in [3.8, 4) is 0 Å². The molecule has 0 unspecified atom stereocenters. The molecule has 2 N–H and O–H groups in total. The van der Waals surface area contributed by atoms with Crippen molar-refractivity contribution < 1.29 is 4.79 Å². The maximum absolute atomic E-state index is 11.1. The number of anilines is 1. The molecule has 0 saturated carbocycles. The van der Waals surface area contributed by atoms with Crippen molar-refractivity contribution in [3.63, 3.8) is 0 Å². The number of allylic oxidation sites excluding steroid dienone is 1. The quantitative estimate of drug-likeness (QED) is 0.490. The van der Waals surface area contributed by atoms with Crippen LogP contribution in [0.2, 0.25) is 0 Å². The van der Waals surface area contributed by atoms with Crippen molar-refractivity contribution in [2.24, 2.45) is 7.05 Å². The number of aromatic nitrogens is 2. The van der Waals surface area contributed by atoms with Gasteiger partial charge in [-0.25, -0.2) is 0 Å². The molecule has 1 aromatic heterocycles. The van der Waals surface area contributed by atoms with Crippen molar-refractivity contribution in [1.29, 1.82) is 0 Å². The molecule has 4 heteroatoms. The van der Waals surface area contributed by atoms with Gasteiger partial charge in [0.05, 0.1) is 11.9 Å². The number of aryl methyl sites for hydroxylation is 1. The lowest BCUT2D eigenvalue weighted by Gasteiger charge is -1.96. The molecule has 1 heterocycles. The van der Waals surface area contributed by atoms with Gasteiger partial charge in [-0.15, -0.1) is 0 Å². The van der Waals surface area contributed by atoms with Gasteiger partial charge in [-0.3, -0.25) is 9.48 Å². The maximum atomic E-state index is 11.1. The van der Waals surface area contributed by atoms with E-state index in [-0.39, 0.29) is 5.78 Å². The highest BCUT2D eigenvalue weighted by Gasteiger charge is 2.10. The zero-order valence-corrected chi connectivity index (χ0v) is 6.24. The maximum Gasteiger partial charge on any atom is 0.205 e. The molecule has 0 aliphatic heterocycles. The summed E-state index contributed by atoms with van der Waals surface area (Å²) >= 11 is 0. The molecule has 0 saturated heterocycles. The smallest absolute Gasteiger partial charge is 0.205 e. The normalized spacial score (nSPS) is 9.55. The minimum Gasteiger partial charge on any atom is -0.396 e. The Morgan fingerprint density at radius 2 is 2.55 bits per heavy atom. The number of rotatable bonds is 2. The summed E-state index contributed by atoms with van der Waals surface area (Å²) in [4.78, 5) is 11.1. The second-order valence-corrected chi connectivity index (χ2v) is 2.14. The van der Waals surface area contributed by atoms with Crippen LogP contribution in [-0.2, 0) is 7.05 Å². The highest BCUT2D eigenvalue weighted by molar-refractivity contribution is 6.06. The Morgan fingerprint density at radius 3 is 2.91 bits per heavy atom. The first kappa shape index (κ1) is 7.53. The SMILES string of the molecule is C=CC(=O)c1c(N)cnn1C. The molecular formula is C7H9N3O. The number of hydrogen-bond acceptors (Lipinski definition) is 3. The molecule has 4 nitrogen and oxygen atoms in total. The van der Waals surface area contributed by atoms with E-state index in [4.69, 9.17) is 5.73 Å². The van der Waals surface area contributed by atoms with E-state index in [1.807, 2.05) is 0 Å². The van der Waals surface area contributed by atoms with Gasteiger partial charge in [-0.05, 0) is 6.08 Å². The number of nitrogen functional groups attached to an aromatic ring is 1. The second kappa shape index (κ2) is 2.57. The van der Waals surface area contributed by atoms with E-state index in [1.54, 1.807) is 7.05 Å². The lowest BCUT2D eigenvalue weighted by molar-refractivity contribution is 0.103. The van der Waals surface area contributed by atoms with Crippen molar-refractivity contribution in [3.05, 3.63) is 24.5 Å². The minimum atomic E-state index is -0.206. The fraction of sp³-hybridized carbons (Fsp3) is 0.143. The molecule has 0 amide bonds. The largest absolute Gasteiger partial charge is 0.396 e. The number of nitrogens with zero attached hydrogens (tertiary/aromatic N) is 2. The summed E-state index contributed by atoms with van der Waals surface area (Å²) in [5, 5.41) is 3.81. The molecule has 0 fully saturated rings. The van der Waals surface area contributed by atoms with Gasteiger partial charge in [-0.2, -0.15) is 5.10 Å². The lowest BCUT2D eigenvalue weighted by Crippen LogP contribution is -2.06. The van der Waals surface area contributed by atoms with E-state index < -0.39 is 0 Å². The molecule has 0 aliphatic rings. The Labute approximate surface area is 64.3 Å². The number of ketones is 1. The van der Waals surface area contributed by atoms with Crippen LogP contribution < -0.4 is 5.73 Å². The zero-order valence-electron chi connectivity index (χ0n) is 6.24. The fourth-order valence-electron chi connectivity index (χ4n) is 0.853. The number of carbonyl (C=O) groups is 1. The molecular weight excluding hydrogens is 142 g/mol. The predicted octanol–water partition coefficient (Wildman–Crippen LogP) is 0.371. The molecule has 0 aliphatic carbocycles. The number of nitrogens with two attached hydrogens (primary N) is 1. The van der Waals surface area contributed by atoms with E-state index in [0.29, 0.717) is 11.4 Å². The van der Waals surface area contributed by atoms with E-state index in [1.165, 1.54) is 17.0 Å². The van der Waals surface area contributed by atoms with Gasteiger partial charge in [0.2, 0.25) is 5.78 Å². The third kappa shape index (κ3) is 1.14. The first-order chi connectivity index (χ1) is 5.16. The standard InChI is InChI=1S/C7H9N3O/c1-3-6(11)7-5(8)4-9-10(7)2/h3-4H,1,8H2,2H3. The van der Waals surface area contributed by atoms with E-state index in [9.17, 15) is 4.79 Å². The molecule has 1 rings (SSSR count). The summed E-state index contributed by atoms with van der Waals surface area (Å²) in [5.41, 5.74) is 6.24. The Bertz CT molecular complexity index is 281. The van der Waals surface area contributed by atoms with Crippen LogP contribution in [-0.4, -0.2) is 15.6 Å². The molecule has 11 heavy (non-hydrogen) atoms. The summed E-state index contributed by atoms with van der Waals surface area (Å²) in [6.07, 6.45) is 2.66. The Hall–Kier alpha value is -1.58. The van der Waals surface area contributed by atoms with E-state index in [0.717, 1.165) is 0 Å². The summed E-state index contributed by atoms with van der Waals surface area (Å²) in [7, 11) is 1.66. The van der Waals surface area contributed by atoms with Crippen LogP contribution in [0, 0.1) is 0 Å². The Balaban J connectivity index is 3.20. The van der Waals surface area contributed by atoms with Gasteiger partial charge in [0.25, 0.3) is 0 Å². The molecule has 0 spiro atoms.